The molecule has 4 heterocycles. The minimum Gasteiger partial charge on any atom is -0.349 e. The van der Waals surface area contributed by atoms with Crippen molar-refractivity contribution in [3.05, 3.63) is 93.8 Å². The average molecular weight is 584 g/mol. The molecule has 0 spiro atoms. The average Bonchev–Trinajstić information content (AvgIpc) is 3.66. The predicted octanol–water partition coefficient (Wildman–Crippen LogP) is 3.55. The van der Waals surface area contributed by atoms with Gasteiger partial charge in [0.05, 0.1) is 12.2 Å². The molecule has 0 radical (unpaired) electrons. The predicted molar refractivity (Wildman–Crippen MR) is 155 cm³/mol. The minimum absolute atomic E-state index is 0.0243. The van der Waals surface area contributed by atoms with Crippen LogP contribution < -0.4 is 21.6 Å². The molecule has 11 heteroatoms. The number of aromatic amines is 1. The normalized spacial score (nSPS) is 30.5. The maximum Gasteiger partial charge on any atom is 0.330 e. The van der Waals surface area contributed by atoms with Crippen molar-refractivity contribution >= 4 is 27.0 Å². The summed E-state index contributed by atoms with van der Waals surface area (Å²) in [6.07, 6.45) is -0.350. The highest BCUT2D eigenvalue weighted by molar-refractivity contribution is 7.45. The molecule has 3 fully saturated rings. The Kier molecular flexibility index (Phi) is 7.91. The number of hydrogen-bond donors (Lipinski definition) is 1. The second-order valence-corrected chi connectivity index (χ2v) is 16.7. The molecule has 0 saturated carbocycles. The molecular weight excluding hydrogens is 548 g/mol. The van der Waals surface area contributed by atoms with E-state index in [1.165, 1.54) is 22.6 Å². The van der Waals surface area contributed by atoms with E-state index in [1.807, 2.05) is 6.92 Å². The highest BCUT2D eigenvalue weighted by atomic mass is 31.2. The van der Waals surface area contributed by atoms with Gasteiger partial charge in [0.25, 0.3) is 14.1 Å². The van der Waals surface area contributed by atoms with Crippen molar-refractivity contribution in [2.24, 2.45) is 0 Å². The molecule has 0 aliphatic carbocycles. The number of rotatable bonds is 8. The van der Waals surface area contributed by atoms with Crippen molar-refractivity contribution in [3.63, 3.8) is 0 Å². The van der Waals surface area contributed by atoms with Crippen LogP contribution in [0.1, 0.15) is 32.4 Å². The number of nitrogens with one attached hydrogen (secondary N) is 1. The first-order valence-corrected chi connectivity index (χ1v) is 17.8. The Morgan fingerprint density at radius 2 is 1.73 bits per heavy atom. The largest absolute Gasteiger partial charge is 0.349 e. The van der Waals surface area contributed by atoms with E-state index in [1.54, 1.807) is 0 Å². The summed E-state index contributed by atoms with van der Waals surface area (Å²) in [5.41, 5.74) is -1.24. The van der Waals surface area contributed by atoms with Gasteiger partial charge in [-0.15, -0.1) is 0 Å². The fourth-order valence-corrected chi connectivity index (χ4v) is 12.4. The molecule has 40 heavy (non-hydrogen) atoms. The molecule has 1 N–H and O–H groups in total. The van der Waals surface area contributed by atoms with Crippen LogP contribution in [0.15, 0.2) is 82.5 Å². The third kappa shape index (κ3) is 5.06. The fourth-order valence-electron chi connectivity index (χ4n) is 6.38. The number of alkyl halides is 1. The fraction of sp³-hybridized carbons (Fsp3) is 0.448. The SMILES string of the molecule is CC[C@H]1O[C@@H](n2ccc(=O)[nH]c2=O)[C@@H](F)C1O[P@]1O[C@H](C[Si](C)(c2ccccc2)c2ccccc2)[C@@H]2CCCN21. The molecule has 6 rings (SSSR count). The van der Waals surface area contributed by atoms with Crippen LogP contribution >= 0.6 is 8.53 Å². The lowest BCUT2D eigenvalue weighted by Crippen LogP contribution is -2.58. The first-order chi connectivity index (χ1) is 19.4. The molecule has 3 saturated heterocycles. The number of halogens is 1. The lowest BCUT2D eigenvalue weighted by molar-refractivity contribution is -0.0269. The Bertz CT molecular complexity index is 1390. The van der Waals surface area contributed by atoms with E-state index >= 15 is 4.39 Å². The van der Waals surface area contributed by atoms with Gasteiger partial charge in [0, 0.05) is 24.8 Å². The summed E-state index contributed by atoms with van der Waals surface area (Å²) in [5, 5.41) is 2.72. The maximum atomic E-state index is 15.9. The number of H-pyrrole nitrogens is 1. The molecule has 1 unspecified atom stereocenters. The van der Waals surface area contributed by atoms with Crippen molar-refractivity contribution in [1.82, 2.24) is 14.2 Å². The Hall–Kier alpha value is -2.46. The van der Waals surface area contributed by atoms with Gasteiger partial charge in [-0.05, 0) is 25.3 Å². The van der Waals surface area contributed by atoms with Crippen molar-refractivity contribution in [2.75, 3.05) is 6.54 Å². The number of aromatic nitrogens is 2. The Morgan fingerprint density at radius 3 is 2.35 bits per heavy atom. The number of hydrogen-bond acceptors (Lipinski definition) is 6. The number of ether oxygens (including phenoxy) is 1. The van der Waals surface area contributed by atoms with E-state index in [4.69, 9.17) is 13.8 Å². The molecular formula is C29H35FN3O5PSi. The van der Waals surface area contributed by atoms with Crippen LogP contribution in [0.25, 0.3) is 0 Å². The Balaban J connectivity index is 1.24. The molecule has 0 bridgehead atoms. The van der Waals surface area contributed by atoms with E-state index < -0.39 is 52.5 Å². The van der Waals surface area contributed by atoms with Crippen molar-refractivity contribution < 1.29 is 18.2 Å². The maximum absolute atomic E-state index is 15.9. The van der Waals surface area contributed by atoms with E-state index in [0.717, 1.165) is 30.0 Å². The molecule has 8 nitrogen and oxygen atoms in total. The van der Waals surface area contributed by atoms with E-state index in [2.05, 4.69) is 76.9 Å². The first kappa shape index (κ1) is 27.7. The second-order valence-electron chi connectivity index (χ2n) is 11.0. The summed E-state index contributed by atoms with van der Waals surface area (Å²) >= 11 is 0. The van der Waals surface area contributed by atoms with Gasteiger partial charge in [0.15, 0.2) is 12.4 Å². The highest BCUT2D eigenvalue weighted by Crippen LogP contribution is 2.59. The minimum atomic E-state index is -2.16. The molecule has 3 aliphatic heterocycles. The molecule has 1 aromatic heterocycles. The lowest BCUT2D eigenvalue weighted by Gasteiger charge is -2.32. The number of nitrogens with zero attached hydrogens (tertiary/aromatic N) is 2. The summed E-state index contributed by atoms with van der Waals surface area (Å²) in [5.74, 6) is 0. The smallest absolute Gasteiger partial charge is 0.330 e. The summed E-state index contributed by atoms with van der Waals surface area (Å²) in [4.78, 5) is 26.1. The van der Waals surface area contributed by atoms with Gasteiger partial charge in [-0.3, -0.25) is 14.3 Å². The second kappa shape index (κ2) is 11.4. The Morgan fingerprint density at radius 1 is 1.05 bits per heavy atom. The standard InChI is InChI=1S/C29H35FN3O5PSi/c1-3-23-27(26(30)28(36-23)32-18-16-25(34)31-29(32)35)38-39-33-17-10-15-22(33)24(37-39)19-40(2,20-11-6-4-7-12-20)21-13-8-5-9-14-21/h4-9,11-14,16,18,22-24,26-28H,3,10,15,17,19H2,1-2H3,(H,31,34,35)/t22-,23+,24+,26-,27?,28+,39-/m0/s1. The van der Waals surface area contributed by atoms with Gasteiger partial charge in [-0.2, -0.15) is 0 Å². The van der Waals surface area contributed by atoms with Crippen LogP contribution in [0.5, 0.6) is 0 Å². The molecule has 212 valence electrons. The van der Waals surface area contributed by atoms with Gasteiger partial charge in [0.1, 0.15) is 14.2 Å². The van der Waals surface area contributed by atoms with E-state index in [-0.39, 0.29) is 12.1 Å². The van der Waals surface area contributed by atoms with Crippen LogP contribution in [0.3, 0.4) is 0 Å². The first-order valence-electron chi connectivity index (χ1n) is 14.0. The zero-order valence-corrected chi connectivity index (χ0v) is 24.6. The molecule has 7 atom stereocenters. The van der Waals surface area contributed by atoms with E-state index in [9.17, 15) is 9.59 Å². The third-order valence-electron chi connectivity index (χ3n) is 8.57. The van der Waals surface area contributed by atoms with Crippen molar-refractivity contribution in [1.29, 1.82) is 0 Å². The van der Waals surface area contributed by atoms with Gasteiger partial charge < -0.3 is 13.8 Å². The van der Waals surface area contributed by atoms with Crippen LogP contribution in [0.2, 0.25) is 12.6 Å². The van der Waals surface area contributed by atoms with Gasteiger partial charge in [-0.1, -0.05) is 84.5 Å². The topological polar surface area (TPSA) is 85.8 Å². The zero-order valence-electron chi connectivity index (χ0n) is 22.7. The van der Waals surface area contributed by atoms with Crippen LogP contribution in [0, 0.1) is 0 Å². The van der Waals surface area contributed by atoms with Gasteiger partial charge >= 0.3 is 5.69 Å². The van der Waals surface area contributed by atoms with Crippen molar-refractivity contribution in [2.45, 2.75) is 75.5 Å². The summed E-state index contributed by atoms with van der Waals surface area (Å²) in [6, 6.07) is 23.8. The third-order valence-corrected chi connectivity index (χ3v) is 14.8. The van der Waals surface area contributed by atoms with Gasteiger partial charge in [-0.25, -0.2) is 13.9 Å². The molecule has 0 amide bonds. The number of benzene rings is 2. The van der Waals surface area contributed by atoms with Gasteiger partial charge in [0.2, 0.25) is 0 Å². The van der Waals surface area contributed by atoms with E-state index in [0.29, 0.717) is 6.42 Å². The summed E-state index contributed by atoms with van der Waals surface area (Å²) in [7, 11) is -3.66. The Labute approximate surface area is 235 Å². The highest BCUT2D eigenvalue weighted by Gasteiger charge is 2.54. The monoisotopic (exact) mass is 583 g/mol. The molecule has 3 aromatic rings. The molecule has 2 aromatic carbocycles. The number of fused-ring (bicyclic) bond motifs is 1. The summed E-state index contributed by atoms with van der Waals surface area (Å²) in [6.45, 7) is 5.17. The quantitative estimate of drug-likeness (QED) is 0.323. The molecule has 3 aliphatic rings. The van der Waals surface area contributed by atoms with Crippen molar-refractivity contribution in [3.8, 4) is 0 Å². The van der Waals surface area contributed by atoms with Crippen LogP contribution in [0.4, 0.5) is 4.39 Å². The van der Waals surface area contributed by atoms with Crippen LogP contribution in [-0.4, -0.2) is 59.4 Å². The van der Waals surface area contributed by atoms with Crippen LogP contribution in [-0.2, 0) is 13.8 Å². The summed E-state index contributed by atoms with van der Waals surface area (Å²) < 4.78 is 38.5. The lowest BCUT2D eigenvalue weighted by atomic mass is 10.1. The zero-order chi connectivity index (χ0) is 27.9.